The second-order valence-corrected chi connectivity index (χ2v) is 8.27. The van der Waals surface area contributed by atoms with Gasteiger partial charge in [-0.15, -0.1) is 11.3 Å². The van der Waals surface area contributed by atoms with E-state index in [0.29, 0.717) is 10.9 Å². The van der Waals surface area contributed by atoms with Gasteiger partial charge in [0, 0.05) is 11.3 Å². The first-order valence-corrected chi connectivity index (χ1v) is 9.39. The van der Waals surface area contributed by atoms with E-state index in [1.165, 1.54) is 30.6 Å². The van der Waals surface area contributed by atoms with E-state index in [1.54, 1.807) is 12.1 Å². The number of anilines is 1. The van der Waals surface area contributed by atoms with Crippen LogP contribution in [0.15, 0.2) is 29.2 Å². The smallest absolute Gasteiger partial charge is 0.227 e. The third-order valence-corrected chi connectivity index (χ3v) is 6.01. The van der Waals surface area contributed by atoms with Gasteiger partial charge in [0.05, 0.1) is 23.5 Å². The molecule has 2 rings (SSSR count). The minimum Gasteiger partial charge on any atom is -0.497 e. The first-order valence-electron chi connectivity index (χ1n) is 6.92. The minimum absolute atomic E-state index is 0.119. The van der Waals surface area contributed by atoms with Crippen LogP contribution in [0, 0.1) is 13.8 Å². The average molecular weight is 354 g/mol. The summed E-state index contributed by atoms with van der Waals surface area (Å²) in [6, 6.07) is 6.10. The molecule has 0 bridgehead atoms. The van der Waals surface area contributed by atoms with Gasteiger partial charge < -0.3 is 10.1 Å². The highest BCUT2D eigenvalue weighted by Gasteiger charge is 2.17. The maximum absolute atomic E-state index is 12.2. The van der Waals surface area contributed by atoms with Crippen LogP contribution in [0.5, 0.6) is 5.75 Å². The molecule has 0 aliphatic carbocycles. The molecule has 1 aromatic heterocycles. The van der Waals surface area contributed by atoms with Crippen LogP contribution < -0.4 is 10.1 Å². The zero-order valence-electron chi connectivity index (χ0n) is 13.1. The van der Waals surface area contributed by atoms with Crippen LogP contribution in [0.1, 0.15) is 17.0 Å². The number of ether oxygens (including phenoxy) is 1. The molecule has 1 N–H and O–H groups in total. The summed E-state index contributed by atoms with van der Waals surface area (Å²) in [6.45, 7) is 3.77. The average Bonchev–Trinajstić information content (AvgIpc) is 2.83. The lowest BCUT2D eigenvalue weighted by Gasteiger charge is -2.06. The topological polar surface area (TPSA) is 85.4 Å². The van der Waals surface area contributed by atoms with E-state index in [2.05, 4.69) is 10.3 Å². The number of hydrogen-bond acceptors (Lipinski definition) is 6. The predicted octanol–water partition coefficient (Wildman–Crippen LogP) is 2.57. The molecular formula is C15H18N2O4S2. The van der Waals surface area contributed by atoms with Gasteiger partial charge in [-0.3, -0.25) is 4.79 Å². The fourth-order valence-corrected chi connectivity index (χ4v) is 3.91. The van der Waals surface area contributed by atoms with Gasteiger partial charge in [-0.05, 0) is 38.1 Å². The molecule has 2 aromatic rings. The number of carbonyl (C=O) groups excluding carboxylic acids is 1. The Hall–Kier alpha value is -1.93. The summed E-state index contributed by atoms with van der Waals surface area (Å²) in [6.07, 6.45) is -0.119. The molecule has 0 fully saturated rings. The van der Waals surface area contributed by atoms with Crippen LogP contribution in [-0.2, 0) is 14.6 Å². The Labute approximate surface area is 139 Å². The van der Waals surface area contributed by atoms with Crippen molar-refractivity contribution in [2.24, 2.45) is 0 Å². The monoisotopic (exact) mass is 354 g/mol. The van der Waals surface area contributed by atoms with Crippen LogP contribution in [0.25, 0.3) is 0 Å². The van der Waals surface area contributed by atoms with Crippen LogP contribution in [0.4, 0.5) is 5.13 Å². The molecule has 124 valence electrons. The summed E-state index contributed by atoms with van der Waals surface area (Å²) in [7, 11) is -2.00. The van der Waals surface area contributed by atoms with Crippen LogP contribution in [-0.4, -0.2) is 32.2 Å². The molecular weight excluding hydrogens is 336 g/mol. The molecule has 0 aliphatic heterocycles. The molecule has 6 nitrogen and oxygen atoms in total. The van der Waals surface area contributed by atoms with Crippen LogP contribution >= 0.6 is 11.3 Å². The molecule has 0 aliphatic rings. The van der Waals surface area contributed by atoms with E-state index in [4.69, 9.17) is 4.74 Å². The number of thiazole rings is 1. The highest BCUT2D eigenvalue weighted by molar-refractivity contribution is 7.91. The number of nitrogens with one attached hydrogen (secondary N) is 1. The van der Waals surface area contributed by atoms with Gasteiger partial charge in [0.2, 0.25) is 5.91 Å². The Morgan fingerprint density at radius 3 is 2.43 bits per heavy atom. The normalized spacial score (nSPS) is 11.3. The first-order chi connectivity index (χ1) is 10.8. The number of aryl methyl sites for hydroxylation is 2. The second kappa shape index (κ2) is 7.10. The van der Waals surface area contributed by atoms with Crippen molar-refractivity contribution in [3.05, 3.63) is 34.8 Å². The molecule has 1 heterocycles. The van der Waals surface area contributed by atoms with Crippen LogP contribution in [0.2, 0.25) is 0 Å². The van der Waals surface area contributed by atoms with Crippen molar-refractivity contribution in [1.82, 2.24) is 4.98 Å². The third-order valence-electron chi connectivity index (χ3n) is 3.29. The van der Waals surface area contributed by atoms with E-state index in [1.807, 2.05) is 13.8 Å². The number of methoxy groups -OCH3 is 1. The lowest BCUT2D eigenvalue weighted by atomic mass is 10.3. The van der Waals surface area contributed by atoms with Gasteiger partial charge in [0.25, 0.3) is 0 Å². The van der Waals surface area contributed by atoms with E-state index < -0.39 is 9.84 Å². The van der Waals surface area contributed by atoms with Gasteiger partial charge in [-0.2, -0.15) is 0 Å². The highest BCUT2D eigenvalue weighted by atomic mass is 32.2. The summed E-state index contributed by atoms with van der Waals surface area (Å²) >= 11 is 1.37. The molecule has 0 atom stereocenters. The Kier molecular flexibility index (Phi) is 5.38. The largest absolute Gasteiger partial charge is 0.497 e. The molecule has 0 radical (unpaired) electrons. The maximum Gasteiger partial charge on any atom is 0.227 e. The van der Waals surface area contributed by atoms with E-state index >= 15 is 0 Å². The summed E-state index contributed by atoms with van der Waals surface area (Å²) in [4.78, 5) is 17.3. The van der Waals surface area contributed by atoms with Gasteiger partial charge >= 0.3 is 0 Å². The molecule has 0 spiro atoms. The zero-order valence-corrected chi connectivity index (χ0v) is 14.8. The Bertz CT molecular complexity index is 776. The highest BCUT2D eigenvalue weighted by Crippen LogP contribution is 2.21. The maximum atomic E-state index is 12.2. The number of benzene rings is 1. The molecule has 1 aromatic carbocycles. The SMILES string of the molecule is COc1ccc(S(=O)(=O)CCC(=O)Nc2nc(C)c(C)s2)cc1. The van der Waals surface area contributed by atoms with E-state index in [9.17, 15) is 13.2 Å². The number of aromatic nitrogens is 1. The van der Waals surface area contributed by atoms with E-state index in [-0.39, 0.29) is 23.0 Å². The standard InChI is InChI=1S/C15H18N2O4S2/c1-10-11(2)22-15(16-10)17-14(18)8-9-23(19,20)13-6-4-12(21-3)5-7-13/h4-7H,8-9H2,1-3H3,(H,16,17,18). The Morgan fingerprint density at radius 1 is 1.26 bits per heavy atom. The van der Waals surface area contributed by atoms with Crippen molar-refractivity contribution in [1.29, 1.82) is 0 Å². The summed E-state index contributed by atoms with van der Waals surface area (Å²) in [5, 5.41) is 3.12. The Morgan fingerprint density at radius 2 is 1.91 bits per heavy atom. The number of nitrogens with zero attached hydrogens (tertiary/aromatic N) is 1. The van der Waals surface area contributed by atoms with Gasteiger partial charge in [-0.1, -0.05) is 0 Å². The van der Waals surface area contributed by atoms with Crippen molar-refractivity contribution in [2.45, 2.75) is 25.2 Å². The number of carbonyl (C=O) groups is 1. The van der Waals surface area contributed by atoms with Crippen molar-refractivity contribution in [2.75, 3.05) is 18.2 Å². The summed E-state index contributed by atoms with van der Waals surface area (Å²) < 4.78 is 29.4. The number of amides is 1. The molecule has 0 unspecified atom stereocenters. The molecule has 8 heteroatoms. The fraction of sp³-hybridized carbons (Fsp3) is 0.333. The van der Waals surface area contributed by atoms with Crippen molar-refractivity contribution in [3.8, 4) is 5.75 Å². The van der Waals surface area contributed by atoms with E-state index in [0.717, 1.165) is 10.6 Å². The first kappa shape index (κ1) is 17.4. The lowest BCUT2D eigenvalue weighted by Crippen LogP contribution is -2.17. The quantitative estimate of drug-likeness (QED) is 0.862. The molecule has 23 heavy (non-hydrogen) atoms. The number of sulfone groups is 1. The summed E-state index contributed by atoms with van der Waals surface area (Å²) in [5.41, 5.74) is 0.858. The summed E-state index contributed by atoms with van der Waals surface area (Å²) in [5.74, 6) is -0.0406. The van der Waals surface area contributed by atoms with Gasteiger partial charge in [0.15, 0.2) is 15.0 Å². The van der Waals surface area contributed by atoms with Gasteiger partial charge in [0.1, 0.15) is 5.75 Å². The zero-order chi connectivity index (χ0) is 17.0. The molecule has 1 amide bonds. The molecule has 0 saturated carbocycles. The number of hydrogen-bond donors (Lipinski definition) is 1. The van der Waals surface area contributed by atoms with Crippen molar-refractivity contribution < 1.29 is 17.9 Å². The van der Waals surface area contributed by atoms with Crippen molar-refractivity contribution in [3.63, 3.8) is 0 Å². The van der Waals surface area contributed by atoms with Crippen LogP contribution in [0.3, 0.4) is 0 Å². The predicted molar refractivity (Wildman–Crippen MR) is 89.9 cm³/mol. The fourth-order valence-electron chi connectivity index (χ4n) is 1.84. The number of rotatable bonds is 6. The minimum atomic E-state index is -3.51. The van der Waals surface area contributed by atoms with Crippen molar-refractivity contribution >= 4 is 32.2 Å². The molecule has 0 saturated heterocycles. The Balaban J connectivity index is 1.96. The third kappa shape index (κ3) is 4.52. The van der Waals surface area contributed by atoms with Gasteiger partial charge in [-0.25, -0.2) is 13.4 Å². The second-order valence-electron chi connectivity index (χ2n) is 4.95. The lowest BCUT2D eigenvalue weighted by molar-refractivity contribution is -0.115.